The number of carboxylic acid groups (broad SMARTS) is 2. The predicted octanol–water partition coefficient (Wildman–Crippen LogP) is 5.49. The summed E-state index contributed by atoms with van der Waals surface area (Å²) < 4.78 is 0. The molecule has 3 unspecified atom stereocenters. The van der Waals surface area contributed by atoms with Crippen LogP contribution in [-0.2, 0) is 0 Å². The van der Waals surface area contributed by atoms with Crippen molar-refractivity contribution in [1.29, 1.82) is 0 Å². The summed E-state index contributed by atoms with van der Waals surface area (Å²) in [4.78, 5) is 20.4. The van der Waals surface area contributed by atoms with Gasteiger partial charge in [0.05, 0.1) is 23.3 Å². The maximum absolute atomic E-state index is 10.2. The number of aliphatic hydroxyl groups is 2. The molecule has 2 aromatic rings. The lowest BCUT2D eigenvalue weighted by atomic mass is 9.87. The van der Waals surface area contributed by atoms with E-state index in [9.17, 15) is 19.8 Å². The van der Waals surface area contributed by atoms with E-state index >= 15 is 0 Å². The fourth-order valence-corrected chi connectivity index (χ4v) is 3.06. The third kappa shape index (κ3) is 12.9. The van der Waals surface area contributed by atoms with Crippen molar-refractivity contribution in [2.24, 2.45) is 5.92 Å². The second-order valence-corrected chi connectivity index (χ2v) is 7.48. The van der Waals surface area contributed by atoms with Crippen LogP contribution in [0.4, 0.5) is 0 Å². The summed E-state index contributed by atoms with van der Waals surface area (Å²) in [7, 11) is 0. The Morgan fingerprint density at radius 2 is 1.12 bits per heavy atom. The standard InChI is InChI=1S/C12H26O2.2C7H6O2/c1-4-7-9-10(11(13)6-3)12(14)8-5-2;2*8-7(9)6-4-2-1-3-5-6/h10-14H,4-9H2,1-3H3;2*1-5H,(H,8,9). The van der Waals surface area contributed by atoms with Gasteiger partial charge in [0, 0.05) is 5.92 Å². The fourth-order valence-electron chi connectivity index (χ4n) is 3.06. The van der Waals surface area contributed by atoms with Crippen LogP contribution in [0.3, 0.4) is 0 Å². The molecule has 4 N–H and O–H groups in total. The molecule has 0 bridgehead atoms. The maximum Gasteiger partial charge on any atom is 0.335 e. The smallest absolute Gasteiger partial charge is 0.335 e. The number of carboxylic acids is 2. The summed E-state index contributed by atoms with van der Waals surface area (Å²) in [6.07, 6.45) is 5.08. The van der Waals surface area contributed by atoms with Crippen LogP contribution in [0.15, 0.2) is 60.7 Å². The maximum atomic E-state index is 10.2. The van der Waals surface area contributed by atoms with Crippen LogP contribution in [0.1, 0.15) is 80.0 Å². The summed E-state index contributed by atoms with van der Waals surface area (Å²) >= 11 is 0. The SMILES string of the molecule is CCCCC(C(O)CC)C(O)CCC.O=C(O)c1ccccc1.O=C(O)c1ccccc1. The van der Waals surface area contributed by atoms with E-state index in [0.29, 0.717) is 11.1 Å². The van der Waals surface area contributed by atoms with Gasteiger partial charge in [0.1, 0.15) is 0 Å². The first-order valence-corrected chi connectivity index (χ1v) is 11.2. The van der Waals surface area contributed by atoms with E-state index in [4.69, 9.17) is 10.2 Å². The van der Waals surface area contributed by atoms with E-state index < -0.39 is 11.9 Å². The van der Waals surface area contributed by atoms with Crippen LogP contribution in [0, 0.1) is 5.92 Å². The topological polar surface area (TPSA) is 115 Å². The Labute approximate surface area is 191 Å². The molecule has 0 aliphatic rings. The molecule has 0 aliphatic carbocycles. The molecule has 32 heavy (non-hydrogen) atoms. The molecule has 0 aliphatic heterocycles. The van der Waals surface area contributed by atoms with Gasteiger partial charge in [0.2, 0.25) is 0 Å². The highest BCUT2D eigenvalue weighted by Gasteiger charge is 2.24. The summed E-state index contributed by atoms with van der Waals surface area (Å²) in [5.41, 5.74) is 0.662. The van der Waals surface area contributed by atoms with Gasteiger partial charge in [0.15, 0.2) is 0 Å². The molecule has 3 atom stereocenters. The third-order valence-electron chi connectivity index (χ3n) is 4.92. The fraction of sp³-hybridized carbons (Fsp3) is 0.462. The van der Waals surface area contributed by atoms with Gasteiger partial charge in [-0.1, -0.05) is 76.4 Å². The zero-order chi connectivity index (χ0) is 24.4. The molecule has 2 rings (SSSR count). The largest absolute Gasteiger partial charge is 0.478 e. The van der Waals surface area contributed by atoms with Crippen LogP contribution in [0.5, 0.6) is 0 Å². The van der Waals surface area contributed by atoms with E-state index in [1.54, 1.807) is 60.7 Å². The van der Waals surface area contributed by atoms with Crippen molar-refractivity contribution in [3.8, 4) is 0 Å². The monoisotopic (exact) mass is 446 g/mol. The Balaban J connectivity index is 0.000000466. The van der Waals surface area contributed by atoms with Crippen molar-refractivity contribution in [2.45, 2.75) is 71.5 Å². The van der Waals surface area contributed by atoms with Crippen molar-refractivity contribution in [2.75, 3.05) is 0 Å². The number of aromatic carboxylic acids is 2. The number of aliphatic hydroxyl groups excluding tert-OH is 2. The Bertz CT molecular complexity index is 683. The van der Waals surface area contributed by atoms with Gasteiger partial charge in [-0.15, -0.1) is 0 Å². The summed E-state index contributed by atoms with van der Waals surface area (Å²) in [6, 6.07) is 16.6. The van der Waals surface area contributed by atoms with E-state index in [1.165, 1.54) is 0 Å². The average molecular weight is 447 g/mol. The minimum atomic E-state index is -0.879. The van der Waals surface area contributed by atoms with Crippen LogP contribution < -0.4 is 0 Å². The summed E-state index contributed by atoms with van der Waals surface area (Å²) in [6.45, 7) is 6.18. The van der Waals surface area contributed by atoms with Crippen LogP contribution >= 0.6 is 0 Å². The molecular formula is C26H38O6. The lowest BCUT2D eigenvalue weighted by Crippen LogP contribution is -2.31. The molecule has 0 heterocycles. The molecule has 0 amide bonds. The van der Waals surface area contributed by atoms with Gasteiger partial charge >= 0.3 is 11.9 Å². The van der Waals surface area contributed by atoms with Gasteiger partial charge < -0.3 is 20.4 Å². The number of unbranched alkanes of at least 4 members (excludes halogenated alkanes) is 1. The average Bonchev–Trinajstić information content (AvgIpc) is 2.81. The highest BCUT2D eigenvalue weighted by Crippen LogP contribution is 2.22. The molecule has 6 heteroatoms. The number of benzene rings is 2. The highest BCUT2D eigenvalue weighted by molar-refractivity contribution is 5.87. The van der Waals surface area contributed by atoms with Crippen LogP contribution in [0.25, 0.3) is 0 Å². The number of carbonyl (C=O) groups is 2. The molecule has 0 spiro atoms. The van der Waals surface area contributed by atoms with Crippen molar-refractivity contribution < 1.29 is 30.0 Å². The molecule has 0 fully saturated rings. The molecule has 0 saturated heterocycles. The first-order chi connectivity index (χ1) is 15.3. The van der Waals surface area contributed by atoms with E-state index in [-0.39, 0.29) is 18.1 Å². The quantitative estimate of drug-likeness (QED) is 0.383. The molecular weight excluding hydrogens is 408 g/mol. The highest BCUT2D eigenvalue weighted by atomic mass is 16.4. The Morgan fingerprint density at radius 3 is 1.41 bits per heavy atom. The normalized spacial score (nSPS) is 12.8. The van der Waals surface area contributed by atoms with Crippen LogP contribution in [0.2, 0.25) is 0 Å². The van der Waals surface area contributed by atoms with Gasteiger partial charge in [-0.3, -0.25) is 0 Å². The van der Waals surface area contributed by atoms with Crippen molar-refractivity contribution >= 4 is 11.9 Å². The van der Waals surface area contributed by atoms with E-state index in [1.807, 2.05) is 6.92 Å². The third-order valence-corrected chi connectivity index (χ3v) is 4.92. The lowest BCUT2D eigenvalue weighted by Gasteiger charge is -2.26. The molecule has 0 saturated carbocycles. The molecule has 178 valence electrons. The molecule has 0 aromatic heterocycles. The van der Waals surface area contributed by atoms with E-state index in [0.717, 1.165) is 38.5 Å². The van der Waals surface area contributed by atoms with Crippen LogP contribution in [-0.4, -0.2) is 44.6 Å². The zero-order valence-corrected chi connectivity index (χ0v) is 19.4. The molecule has 0 radical (unpaired) electrons. The molecule has 2 aromatic carbocycles. The number of rotatable bonds is 10. The summed E-state index contributed by atoms with van der Waals surface area (Å²) in [5, 5.41) is 36.4. The van der Waals surface area contributed by atoms with E-state index in [2.05, 4.69) is 13.8 Å². The minimum absolute atomic E-state index is 0.0832. The minimum Gasteiger partial charge on any atom is -0.478 e. The van der Waals surface area contributed by atoms with Gasteiger partial charge in [-0.2, -0.15) is 0 Å². The van der Waals surface area contributed by atoms with Crippen molar-refractivity contribution in [3.05, 3.63) is 71.8 Å². The zero-order valence-electron chi connectivity index (χ0n) is 19.4. The predicted molar refractivity (Wildman–Crippen MR) is 127 cm³/mol. The van der Waals surface area contributed by atoms with Gasteiger partial charge in [-0.05, 0) is 43.5 Å². The van der Waals surface area contributed by atoms with Crippen molar-refractivity contribution in [3.63, 3.8) is 0 Å². The Kier molecular flexibility index (Phi) is 16.4. The second-order valence-electron chi connectivity index (χ2n) is 7.48. The first kappa shape index (κ1) is 29.3. The Hall–Kier alpha value is -2.70. The Morgan fingerprint density at radius 1 is 0.688 bits per heavy atom. The number of hydrogen-bond donors (Lipinski definition) is 4. The summed E-state index contributed by atoms with van der Waals surface area (Å²) in [5.74, 6) is -1.67. The second kappa shape index (κ2) is 17.9. The lowest BCUT2D eigenvalue weighted by molar-refractivity contribution is 0.00110. The first-order valence-electron chi connectivity index (χ1n) is 11.2. The molecule has 6 nitrogen and oxygen atoms in total. The number of hydrogen-bond acceptors (Lipinski definition) is 4. The van der Waals surface area contributed by atoms with Gasteiger partial charge in [0.25, 0.3) is 0 Å². The van der Waals surface area contributed by atoms with Crippen molar-refractivity contribution in [1.82, 2.24) is 0 Å². The van der Waals surface area contributed by atoms with Gasteiger partial charge in [-0.25, -0.2) is 9.59 Å².